The van der Waals surface area contributed by atoms with Crippen molar-refractivity contribution in [1.82, 2.24) is 5.32 Å². The minimum atomic E-state index is 0.209. The second kappa shape index (κ2) is 4.68. The summed E-state index contributed by atoms with van der Waals surface area (Å²) in [6, 6.07) is 10.5. The molecule has 1 nitrogen and oxygen atoms in total. The van der Waals surface area contributed by atoms with Crippen molar-refractivity contribution < 1.29 is 0 Å². The maximum Gasteiger partial charge on any atom is 0.0216 e. The Hall–Kier alpha value is -0.470. The average molecular weight is 195 g/mol. The van der Waals surface area contributed by atoms with Crippen molar-refractivity contribution in [2.75, 3.05) is 12.8 Å². The quantitative estimate of drug-likeness (QED) is 0.741. The molecule has 0 unspecified atom stereocenters. The Balaban J connectivity index is 2.44. The topological polar surface area (TPSA) is 12.0 Å². The molecule has 1 aromatic carbocycles. The van der Waals surface area contributed by atoms with Crippen molar-refractivity contribution >= 4 is 11.8 Å². The maximum absolute atomic E-state index is 3.29. The van der Waals surface area contributed by atoms with E-state index in [0.717, 1.165) is 5.75 Å². The fourth-order valence-corrected chi connectivity index (χ4v) is 1.87. The summed E-state index contributed by atoms with van der Waals surface area (Å²) in [5, 5.41) is 3.29. The van der Waals surface area contributed by atoms with Crippen LogP contribution in [-0.4, -0.2) is 18.3 Å². The molecule has 0 fully saturated rings. The van der Waals surface area contributed by atoms with E-state index in [2.05, 4.69) is 43.4 Å². The lowest BCUT2D eigenvalue weighted by atomic mass is 10.1. The van der Waals surface area contributed by atoms with Gasteiger partial charge in [0.05, 0.1) is 0 Å². The minimum Gasteiger partial charge on any atom is -0.314 e. The van der Waals surface area contributed by atoms with Crippen LogP contribution in [0.5, 0.6) is 0 Å². The second-order valence-corrected chi connectivity index (χ2v) is 4.78. The highest BCUT2D eigenvalue weighted by molar-refractivity contribution is 7.99. The lowest BCUT2D eigenvalue weighted by Crippen LogP contribution is -2.38. The zero-order valence-corrected chi connectivity index (χ0v) is 9.32. The van der Waals surface area contributed by atoms with Crippen molar-refractivity contribution in [1.29, 1.82) is 0 Å². The second-order valence-electron chi connectivity index (χ2n) is 3.74. The molecule has 1 aromatic rings. The first-order chi connectivity index (χ1) is 6.14. The molecule has 0 heterocycles. The summed E-state index contributed by atoms with van der Waals surface area (Å²) in [4.78, 5) is 1.34. The van der Waals surface area contributed by atoms with Crippen LogP contribution in [0.1, 0.15) is 13.8 Å². The molecular formula is C11H17NS. The van der Waals surface area contributed by atoms with E-state index < -0.39 is 0 Å². The third kappa shape index (κ3) is 3.83. The van der Waals surface area contributed by atoms with Gasteiger partial charge in [0, 0.05) is 16.2 Å². The van der Waals surface area contributed by atoms with E-state index in [1.807, 2.05) is 24.9 Å². The van der Waals surface area contributed by atoms with E-state index in [0.29, 0.717) is 0 Å². The normalized spacial score (nSPS) is 11.6. The minimum absolute atomic E-state index is 0.209. The molecule has 0 saturated carbocycles. The summed E-state index contributed by atoms with van der Waals surface area (Å²) in [7, 11) is 2.01. The fourth-order valence-electron chi connectivity index (χ4n) is 0.853. The van der Waals surface area contributed by atoms with Crippen molar-refractivity contribution in [2.24, 2.45) is 0 Å². The predicted octanol–water partition coefficient (Wildman–Crippen LogP) is 2.78. The van der Waals surface area contributed by atoms with Gasteiger partial charge in [-0.15, -0.1) is 11.8 Å². The Labute approximate surface area is 84.9 Å². The van der Waals surface area contributed by atoms with Gasteiger partial charge in [0.1, 0.15) is 0 Å². The monoisotopic (exact) mass is 195 g/mol. The Kier molecular flexibility index (Phi) is 3.82. The van der Waals surface area contributed by atoms with Gasteiger partial charge in [-0.05, 0) is 33.0 Å². The van der Waals surface area contributed by atoms with E-state index in [1.165, 1.54) is 4.90 Å². The average Bonchev–Trinajstić information content (AvgIpc) is 2.17. The molecule has 0 aliphatic rings. The Morgan fingerprint density at radius 1 is 1.23 bits per heavy atom. The summed E-state index contributed by atoms with van der Waals surface area (Å²) in [5.41, 5.74) is 0.209. The van der Waals surface area contributed by atoms with E-state index in [9.17, 15) is 0 Å². The van der Waals surface area contributed by atoms with Gasteiger partial charge in [-0.1, -0.05) is 18.2 Å². The highest BCUT2D eigenvalue weighted by Gasteiger charge is 2.14. The van der Waals surface area contributed by atoms with Gasteiger partial charge in [0.15, 0.2) is 0 Å². The van der Waals surface area contributed by atoms with Crippen LogP contribution < -0.4 is 5.32 Å². The number of hydrogen-bond donors (Lipinski definition) is 1. The Morgan fingerprint density at radius 3 is 2.38 bits per heavy atom. The van der Waals surface area contributed by atoms with E-state index >= 15 is 0 Å². The van der Waals surface area contributed by atoms with Crippen LogP contribution in [-0.2, 0) is 0 Å². The van der Waals surface area contributed by atoms with Crippen LogP contribution >= 0.6 is 11.8 Å². The maximum atomic E-state index is 3.29. The lowest BCUT2D eigenvalue weighted by Gasteiger charge is -2.23. The molecule has 72 valence electrons. The molecule has 1 N–H and O–H groups in total. The summed E-state index contributed by atoms with van der Waals surface area (Å²) in [5.74, 6) is 1.09. The standard InChI is InChI=1S/C11H17NS/c1-11(2,12-3)9-13-10-7-5-4-6-8-10/h4-8,12H,9H2,1-3H3. The molecule has 0 atom stereocenters. The third-order valence-electron chi connectivity index (χ3n) is 2.02. The number of rotatable bonds is 4. The SMILES string of the molecule is CNC(C)(C)CSc1ccccc1. The Morgan fingerprint density at radius 2 is 1.85 bits per heavy atom. The molecular weight excluding hydrogens is 178 g/mol. The van der Waals surface area contributed by atoms with Crippen LogP contribution in [0.15, 0.2) is 35.2 Å². The molecule has 13 heavy (non-hydrogen) atoms. The molecule has 0 spiro atoms. The van der Waals surface area contributed by atoms with Gasteiger partial charge in [0.25, 0.3) is 0 Å². The first-order valence-corrected chi connectivity index (χ1v) is 5.49. The number of nitrogens with one attached hydrogen (secondary N) is 1. The summed E-state index contributed by atoms with van der Waals surface area (Å²) >= 11 is 1.89. The first-order valence-electron chi connectivity index (χ1n) is 4.51. The predicted molar refractivity (Wildman–Crippen MR) is 60.3 cm³/mol. The lowest BCUT2D eigenvalue weighted by molar-refractivity contribution is 0.478. The zero-order chi connectivity index (χ0) is 9.73. The highest BCUT2D eigenvalue weighted by Crippen LogP contribution is 2.21. The molecule has 2 heteroatoms. The summed E-state index contributed by atoms with van der Waals surface area (Å²) in [6.07, 6.45) is 0. The molecule has 0 bridgehead atoms. The first kappa shape index (κ1) is 10.6. The van der Waals surface area contributed by atoms with Crippen LogP contribution in [0, 0.1) is 0 Å². The van der Waals surface area contributed by atoms with Crippen molar-refractivity contribution in [2.45, 2.75) is 24.3 Å². The largest absolute Gasteiger partial charge is 0.314 e. The smallest absolute Gasteiger partial charge is 0.0216 e. The fraction of sp³-hybridized carbons (Fsp3) is 0.455. The zero-order valence-electron chi connectivity index (χ0n) is 8.50. The molecule has 0 aliphatic heterocycles. The van der Waals surface area contributed by atoms with Gasteiger partial charge in [-0.2, -0.15) is 0 Å². The molecule has 0 aromatic heterocycles. The van der Waals surface area contributed by atoms with Gasteiger partial charge in [-0.3, -0.25) is 0 Å². The molecule has 0 radical (unpaired) electrons. The van der Waals surface area contributed by atoms with Crippen molar-refractivity contribution in [3.8, 4) is 0 Å². The van der Waals surface area contributed by atoms with Crippen LogP contribution in [0.4, 0.5) is 0 Å². The highest BCUT2D eigenvalue weighted by atomic mass is 32.2. The van der Waals surface area contributed by atoms with Gasteiger partial charge in [-0.25, -0.2) is 0 Å². The van der Waals surface area contributed by atoms with Crippen LogP contribution in [0.25, 0.3) is 0 Å². The molecule has 0 amide bonds. The number of hydrogen-bond acceptors (Lipinski definition) is 2. The molecule has 1 rings (SSSR count). The number of thioether (sulfide) groups is 1. The molecule has 0 saturated heterocycles. The summed E-state index contributed by atoms with van der Waals surface area (Å²) < 4.78 is 0. The molecule has 0 aliphatic carbocycles. The van der Waals surface area contributed by atoms with Gasteiger partial charge >= 0.3 is 0 Å². The van der Waals surface area contributed by atoms with E-state index in [1.54, 1.807) is 0 Å². The third-order valence-corrected chi connectivity index (χ3v) is 3.49. The van der Waals surface area contributed by atoms with E-state index in [-0.39, 0.29) is 5.54 Å². The van der Waals surface area contributed by atoms with Crippen LogP contribution in [0.3, 0.4) is 0 Å². The van der Waals surface area contributed by atoms with Crippen molar-refractivity contribution in [3.05, 3.63) is 30.3 Å². The number of benzene rings is 1. The van der Waals surface area contributed by atoms with Gasteiger partial charge in [0.2, 0.25) is 0 Å². The van der Waals surface area contributed by atoms with Crippen molar-refractivity contribution in [3.63, 3.8) is 0 Å². The van der Waals surface area contributed by atoms with Crippen LogP contribution in [0.2, 0.25) is 0 Å². The van der Waals surface area contributed by atoms with Gasteiger partial charge < -0.3 is 5.32 Å². The van der Waals surface area contributed by atoms with E-state index in [4.69, 9.17) is 0 Å². The summed E-state index contributed by atoms with van der Waals surface area (Å²) in [6.45, 7) is 4.42. The Bertz CT molecular complexity index is 244.